The molecule has 1 amide bonds. The van der Waals surface area contributed by atoms with E-state index in [0.29, 0.717) is 31.2 Å². The molecular formula is C11H21N3O2S. The zero-order valence-corrected chi connectivity index (χ0v) is 11.3. The maximum Gasteiger partial charge on any atom is 0.239 e. The summed E-state index contributed by atoms with van der Waals surface area (Å²) in [6.45, 7) is 6.41. The van der Waals surface area contributed by atoms with Gasteiger partial charge in [-0.15, -0.1) is 0 Å². The Kier molecular flexibility index (Phi) is 5.80. The highest BCUT2D eigenvalue weighted by molar-refractivity contribution is 7.80. The lowest BCUT2D eigenvalue weighted by atomic mass is 10.1. The molecule has 3 N–H and O–H groups in total. The number of amides is 1. The molecule has 0 aromatic heterocycles. The van der Waals surface area contributed by atoms with Crippen LogP contribution in [-0.2, 0) is 9.53 Å². The minimum atomic E-state index is -0.229. The lowest BCUT2D eigenvalue weighted by molar-refractivity contribution is -0.134. The first-order chi connectivity index (χ1) is 8.06. The fraction of sp³-hybridized carbons (Fsp3) is 0.818. The minimum Gasteiger partial charge on any atom is -0.393 e. The van der Waals surface area contributed by atoms with Crippen molar-refractivity contribution in [2.45, 2.75) is 32.4 Å². The second-order valence-corrected chi connectivity index (χ2v) is 4.77. The number of likely N-dealkylation sites (N-methyl/N-ethyl adjacent to an activating group) is 1. The number of hydrogen-bond donors (Lipinski definition) is 2. The molecular weight excluding hydrogens is 238 g/mol. The largest absolute Gasteiger partial charge is 0.393 e. The Morgan fingerprint density at radius 3 is 3.00 bits per heavy atom. The highest BCUT2D eigenvalue weighted by Crippen LogP contribution is 2.14. The van der Waals surface area contributed by atoms with Gasteiger partial charge in [0.1, 0.15) is 6.04 Å². The highest BCUT2D eigenvalue weighted by atomic mass is 32.1. The van der Waals surface area contributed by atoms with Crippen LogP contribution in [0.5, 0.6) is 0 Å². The number of rotatable bonds is 5. The number of nitrogens with two attached hydrogens (primary N) is 1. The van der Waals surface area contributed by atoms with E-state index in [-0.39, 0.29) is 18.0 Å². The molecule has 0 aromatic rings. The summed E-state index contributed by atoms with van der Waals surface area (Å²) in [6.07, 6.45) is 0.630. The van der Waals surface area contributed by atoms with Crippen molar-refractivity contribution >= 4 is 23.1 Å². The monoisotopic (exact) mass is 259 g/mol. The molecule has 0 bridgehead atoms. The summed E-state index contributed by atoms with van der Waals surface area (Å²) in [7, 11) is 0. The maximum absolute atomic E-state index is 11.9. The predicted octanol–water partition coefficient (Wildman–Crippen LogP) is -0.112. The molecule has 98 valence electrons. The SMILES string of the molecule is CCNC(=O)C1COCCN1C(C)CC(N)=S. The number of hydrogen-bond acceptors (Lipinski definition) is 4. The first-order valence-electron chi connectivity index (χ1n) is 5.95. The molecule has 0 aromatic carbocycles. The number of carbonyl (C=O) groups excluding carboxylic acids is 1. The van der Waals surface area contributed by atoms with Gasteiger partial charge >= 0.3 is 0 Å². The van der Waals surface area contributed by atoms with Crippen LogP contribution in [0.1, 0.15) is 20.3 Å². The van der Waals surface area contributed by atoms with Crippen LogP contribution in [0.15, 0.2) is 0 Å². The molecule has 0 saturated carbocycles. The van der Waals surface area contributed by atoms with E-state index in [9.17, 15) is 4.79 Å². The molecule has 1 fully saturated rings. The molecule has 1 aliphatic rings. The molecule has 0 aliphatic carbocycles. The number of nitrogens with zero attached hydrogens (tertiary/aromatic N) is 1. The molecule has 6 heteroatoms. The summed E-state index contributed by atoms with van der Waals surface area (Å²) in [6, 6.07) is -0.0583. The van der Waals surface area contributed by atoms with Gasteiger partial charge in [-0.25, -0.2) is 0 Å². The van der Waals surface area contributed by atoms with Gasteiger partial charge in [-0.1, -0.05) is 12.2 Å². The summed E-state index contributed by atoms with van der Waals surface area (Å²) in [4.78, 5) is 14.5. The number of thiocarbonyl (C=S) groups is 1. The summed E-state index contributed by atoms with van der Waals surface area (Å²) < 4.78 is 5.37. The lowest BCUT2D eigenvalue weighted by Gasteiger charge is -2.38. The van der Waals surface area contributed by atoms with E-state index in [1.54, 1.807) is 0 Å². The van der Waals surface area contributed by atoms with E-state index >= 15 is 0 Å². The van der Waals surface area contributed by atoms with Gasteiger partial charge in [-0.05, 0) is 13.8 Å². The Hall–Kier alpha value is -0.720. The fourth-order valence-corrected chi connectivity index (χ4v) is 2.31. The smallest absolute Gasteiger partial charge is 0.239 e. The average molecular weight is 259 g/mol. The van der Waals surface area contributed by atoms with E-state index in [1.807, 2.05) is 13.8 Å². The fourth-order valence-electron chi connectivity index (χ4n) is 2.07. The van der Waals surface area contributed by atoms with Crippen LogP contribution in [0.25, 0.3) is 0 Å². The summed E-state index contributed by atoms with van der Waals surface area (Å²) >= 11 is 4.92. The molecule has 1 saturated heterocycles. The zero-order chi connectivity index (χ0) is 12.8. The van der Waals surface area contributed by atoms with Gasteiger partial charge < -0.3 is 15.8 Å². The molecule has 1 rings (SSSR count). The van der Waals surface area contributed by atoms with Crippen LogP contribution in [-0.4, -0.2) is 54.2 Å². The summed E-state index contributed by atoms with van der Waals surface area (Å²) in [5.41, 5.74) is 5.55. The Morgan fingerprint density at radius 1 is 1.71 bits per heavy atom. The van der Waals surface area contributed by atoms with Crippen molar-refractivity contribution in [1.82, 2.24) is 10.2 Å². The van der Waals surface area contributed by atoms with Gasteiger partial charge in [-0.2, -0.15) is 0 Å². The Morgan fingerprint density at radius 2 is 2.41 bits per heavy atom. The van der Waals surface area contributed by atoms with Crippen molar-refractivity contribution in [3.8, 4) is 0 Å². The zero-order valence-electron chi connectivity index (χ0n) is 10.4. The van der Waals surface area contributed by atoms with E-state index in [1.165, 1.54) is 0 Å². The van der Waals surface area contributed by atoms with Gasteiger partial charge in [0.2, 0.25) is 5.91 Å². The molecule has 17 heavy (non-hydrogen) atoms. The highest BCUT2D eigenvalue weighted by Gasteiger charge is 2.32. The third-order valence-electron chi connectivity index (χ3n) is 2.89. The van der Waals surface area contributed by atoms with Crippen molar-refractivity contribution < 1.29 is 9.53 Å². The second-order valence-electron chi connectivity index (χ2n) is 4.24. The van der Waals surface area contributed by atoms with Crippen molar-refractivity contribution in [2.75, 3.05) is 26.3 Å². The first kappa shape index (κ1) is 14.3. The van der Waals surface area contributed by atoms with Gasteiger partial charge in [0.05, 0.1) is 18.2 Å². The van der Waals surface area contributed by atoms with Crippen molar-refractivity contribution in [3.63, 3.8) is 0 Å². The van der Waals surface area contributed by atoms with E-state index < -0.39 is 0 Å². The normalized spacial score (nSPS) is 23.1. The van der Waals surface area contributed by atoms with Crippen LogP contribution in [0, 0.1) is 0 Å². The molecule has 5 nitrogen and oxygen atoms in total. The number of nitrogens with one attached hydrogen (secondary N) is 1. The van der Waals surface area contributed by atoms with E-state index in [2.05, 4.69) is 10.2 Å². The number of morpholine rings is 1. The third kappa shape index (κ3) is 4.22. The van der Waals surface area contributed by atoms with E-state index in [4.69, 9.17) is 22.7 Å². The average Bonchev–Trinajstić information content (AvgIpc) is 2.28. The van der Waals surface area contributed by atoms with E-state index in [0.717, 1.165) is 6.54 Å². The molecule has 1 aliphatic heterocycles. The molecule has 2 atom stereocenters. The van der Waals surface area contributed by atoms with Crippen LogP contribution in [0.2, 0.25) is 0 Å². The van der Waals surface area contributed by atoms with Crippen molar-refractivity contribution in [3.05, 3.63) is 0 Å². The van der Waals surface area contributed by atoms with Gasteiger partial charge in [-0.3, -0.25) is 9.69 Å². The van der Waals surface area contributed by atoms with Crippen LogP contribution in [0.3, 0.4) is 0 Å². The van der Waals surface area contributed by atoms with Gasteiger partial charge in [0, 0.05) is 25.6 Å². The molecule has 1 heterocycles. The second kappa shape index (κ2) is 6.88. The number of carbonyl (C=O) groups is 1. The summed E-state index contributed by atoms with van der Waals surface area (Å²) in [5, 5.41) is 2.83. The van der Waals surface area contributed by atoms with Crippen molar-refractivity contribution in [2.24, 2.45) is 5.73 Å². The Labute approximate surface area is 108 Å². The molecule has 0 spiro atoms. The standard InChI is InChI=1S/C11H21N3O2S/c1-3-13-11(15)9-7-16-5-4-14(9)8(2)6-10(12)17/h8-9H,3-7H2,1-2H3,(H2,12,17)(H,13,15). The minimum absolute atomic E-state index is 0.0157. The lowest BCUT2D eigenvalue weighted by Crippen LogP contribution is -2.57. The summed E-state index contributed by atoms with van der Waals surface area (Å²) in [5.74, 6) is 0.0157. The maximum atomic E-state index is 11.9. The third-order valence-corrected chi connectivity index (χ3v) is 3.05. The quantitative estimate of drug-likeness (QED) is 0.674. The van der Waals surface area contributed by atoms with Gasteiger partial charge in [0.25, 0.3) is 0 Å². The Balaban J connectivity index is 2.64. The van der Waals surface area contributed by atoms with Gasteiger partial charge in [0.15, 0.2) is 0 Å². The topological polar surface area (TPSA) is 67.6 Å². The van der Waals surface area contributed by atoms with Crippen LogP contribution >= 0.6 is 12.2 Å². The predicted molar refractivity (Wildman–Crippen MR) is 70.9 cm³/mol. The number of ether oxygens (including phenoxy) is 1. The molecule has 2 unspecified atom stereocenters. The Bertz CT molecular complexity index is 286. The van der Waals surface area contributed by atoms with Crippen molar-refractivity contribution in [1.29, 1.82) is 0 Å². The molecule has 0 radical (unpaired) electrons. The van der Waals surface area contributed by atoms with Crippen LogP contribution < -0.4 is 11.1 Å². The van der Waals surface area contributed by atoms with Crippen LogP contribution in [0.4, 0.5) is 0 Å². The first-order valence-corrected chi connectivity index (χ1v) is 6.36.